The minimum atomic E-state index is -1.28. The van der Waals surface area contributed by atoms with Gasteiger partial charge in [0.05, 0.1) is 24.7 Å². The third-order valence-corrected chi connectivity index (χ3v) is 4.45. The van der Waals surface area contributed by atoms with Crippen molar-refractivity contribution in [1.29, 1.82) is 0 Å². The van der Waals surface area contributed by atoms with Crippen LogP contribution in [-0.2, 0) is 5.41 Å². The summed E-state index contributed by atoms with van der Waals surface area (Å²) in [6.45, 7) is 8.03. The van der Waals surface area contributed by atoms with Crippen molar-refractivity contribution in [2.24, 2.45) is 0 Å². The fourth-order valence-electron chi connectivity index (χ4n) is 2.79. The van der Waals surface area contributed by atoms with E-state index in [0.717, 1.165) is 29.2 Å². The van der Waals surface area contributed by atoms with Crippen LogP contribution in [0.25, 0.3) is 5.69 Å². The van der Waals surface area contributed by atoms with E-state index in [1.54, 1.807) is 11.8 Å². The van der Waals surface area contributed by atoms with Crippen molar-refractivity contribution < 1.29 is 19.0 Å². The Kier molecular flexibility index (Phi) is 5.28. The SMILES string of the molecule is COc1ccc(C)c(-n2nc(C(C)(C)C)cc2Nc2ncc(F)cc2C(=O)O)c1. The van der Waals surface area contributed by atoms with Crippen molar-refractivity contribution in [2.75, 3.05) is 12.4 Å². The zero-order chi connectivity index (χ0) is 21.3. The summed E-state index contributed by atoms with van der Waals surface area (Å²) in [4.78, 5) is 15.5. The zero-order valence-electron chi connectivity index (χ0n) is 16.9. The van der Waals surface area contributed by atoms with Gasteiger partial charge in [-0.3, -0.25) is 0 Å². The number of carboxylic acid groups (broad SMARTS) is 1. The lowest BCUT2D eigenvalue weighted by Gasteiger charge is -2.15. The van der Waals surface area contributed by atoms with Crippen molar-refractivity contribution in [3.63, 3.8) is 0 Å². The predicted molar refractivity (Wildman–Crippen MR) is 108 cm³/mol. The summed E-state index contributed by atoms with van der Waals surface area (Å²) in [6, 6.07) is 8.37. The van der Waals surface area contributed by atoms with Crippen molar-refractivity contribution in [3.8, 4) is 11.4 Å². The summed E-state index contributed by atoms with van der Waals surface area (Å²) in [5, 5.41) is 17.1. The number of halogens is 1. The second-order valence-electron chi connectivity index (χ2n) is 7.71. The maximum atomic E-state index is 13.5. The highest BCUT2D eigenvalue weighted by molar-refractivity contribution is 5.93. The van der Waals surface area contributed by atoms with E-state index in [9.17, 15) is 14.3 Å². The number of hydrogen-bond donors (Lipinski definition) is 2. The molecule has 0 aliphatic heterocycles. The first-order valence-corrected chi connectivity index (χ1v) is 9.01. The van der Waals surface area contributed by atoms with Gasteiger partial charge in [0.1, 0.15) is 28.8 Å². The number of aryl methyl sites for hydroxylation is 1. The normalized spacial score (nSPS) is 11.4. The van der Waals surface area contributed by atoms with E-state index in [1.165, 1.54) is 0 Å². The summed E-state index contributed by atoms with van der Waals surface area (Å²) in [6.07, 6.45) is 0.969. The number of pyridine rings is 1. The molecule has 2 N–H and O–H groups in total. The standard InChI is InChI=1S/C21H23FN4O3/c1-12-6-7-14(29-5)9-16(12)26-18(10-17(25-26)21(2,3)4)24-19-15(20(27)28)8-13(22)11-23-19/h6-11H,1-5H3,(H,23,24)(H,27,28). The number of nitrogens with one attached hydrogen (secondary N) is 1. The van der Waals surface area contributed by atoms with Gasteiger partial charge in [-0.25, -0.2) is 18.9 Å². The van der Waals surface area contributed by atoms with Crippen LogP contribution in [0.15, 0.2) is 36.5 Å². The lowest BCUT2D eigenvalue weighted by Crippen LogP contribution is -2.13. The van der Waals surface area contributed by atoms with E-state index < -0.39 is 11.8 Å². The Balaban J connectivity index is 2.17. The van der Waals surface area contributed by atoms with Gasteiger partial charge in [0.2, 0.25) is 0 Å². The van der Waals surface area contributed by atoms with E-state index in [-0.39, 0.29) is 16.8 Å². The highest BCUT2D eigenvalue weighted by atomic mass is 19.1. The van der Waals surface area contributed by atoms with E-state index >= 15 is 0 Å². The third-order valence-electron chi connectivity index (χ3n) is 4.45. The van der Waals surface area contributed by atoms with Gasteiger partial charge in [-0.15, -0.1) is 0 Å². The molecule has 152 valence electrons. The van der Waals surface area contributed by atoms with Gasteiger partial charge in [0.25, 0.3) is 0 Å². The van der Waals surface area contributed by atoms with Crippen molar-refractivity contribution in [1.82, 2.24) is 14.8 Å². The van der Waals surface area contributed by atoms with Gasteiger partial charge < -0.3 is 15.2 Å². The van der Waals surface area contributed by atoms with E-state index in [4.69, 9.17) is 9.84 Å². The first-order chi connectivity index (χ1) is 13.6. The Morgan fingerprint density at radius 2 is 1.97 bits per heavy atom. The number of aromatic carboxylic acids is 1. The van der Waals surface area contributed by atoms with Gasteiger partial charge in [-0.1, -0.05) is 26.8 Å². The smallest absolute Gasteiger partial charge is 0.339 e. The van der Waals surface area contributed by atoms with Crippen molar-refractivity contribution in [2.45, 2.75) is 33.1 Å². The predicted octanol–water partition coefficient (Wildman–Crippen LogP) is 4.46. The van der Waals surface area contributed by atoms with Crippen LogP contribution >= 0.6 is 0 Å². The Hall–Kier alpha value is -3.42. The average Bonchev–Trinajstić information content (AvgIpc) is 3.07. The van der Waals surface area contributed by atoms with E-state index in [2.05, 4.69) is 10.3 Å². The van der Waals surface area contributed by atoms with Crippen LogP contribution in [0.3, 0.4) is 0 Å². The lowest BCUT2D eigenvalue weighted by molar-refractivity contribution is 0.0697. The summed E-state index contributed by atoms with van der Waals surface area (Å²) in [7, 11) is 1.58. The van der Waals surface area contributed by atoms with Crippen molar-refractivity contribution >= 4 is 17.6 Å². The fourth-order valence-corrected chi connectivity index (χ4v) is 2.79. The molecule has 7 nitrogen and oxygen atoms in total. The third kappa shape index (κ3) is 4.21. The number of methoxy groups -OCH3 is 1. The maximum absolute atomic E-state index is 13.5. The zero-order valence-corrected chi connectivity index (χ0v) is 16.9. The van der Waals surface area contributed by atoms with Crippen LogP contribution in [0.1, 0.15) is 42.4 Å². The number of aromatic nitrogens is 3. The molecule has 0 saturated heterocycles. The summed E-state index contributed by atoms with van der Waals surface area (Å²) >= 11 is 0. The van der Waals surface area contributed by atoms with E-state index in [1.807, 2.05) is 52.0 Å². The lowest BCUT2D eigenvalue weighted by atomic mass is 9.92. The molecular formula is C21H23FN4O3. The monoisotopic (exact) mass is 398 g/mol. The first-order valence-electron chi connectivity index (χ1n) is 9.01. The summed E-state index contributed by atoms with van der Waals surface area (Å²) in [5.74, 6) is -0.802. The molecule has 1 aromatic carbocycles. The highest BCUT2D eigenvalue weighted by Crippen LogP contribution is 2.31. The quantitative estimate of drug-likeness (QED) is 0.659. The number of carbonyl (C=O) groups is 1. The molecule has 2 heterocycles. The summed E-state index contributed by atoms with van der Waals surface area (Å²) < 4.78 is 20.5. The molecule has 0 atom stereocenters. The second kappa shape index (κ2) is 7.54. The van der Waals surface area contributed by atoms with Crippen molar-refractivity contribution in [3.05, 3.63) is 59.2 Å². The first kappa shape index (κ1) is 20.3. The molecule has 3 aromatic rings. The van der Waals surface area contributed by atoms with Crippen LogP contribution in [-0.4, -0.2) is 33.0 Å². The molecule has 8 heteroatoms. The van der Waals surface area contributed by atoms with Gasteiger partial charge >= 0.3 is 5.97 Å². The Labute approximate surface area is 168 Å². The average molecular weight is 398 g/mol. The van der Waals surface area contributed by atoms with Crippen LogP contribution < -0.4 is 10.1 Å². The number of anilines is 2. The number of carboxylic acids is 1. The molecule has 0 saturated carbocycles. The Bertz CT molecular complexity index is 1070. The van der Waals surface area contributed by atoms with Gasteiger partial charge in [0, 0.05) is 17.5 Å². The minimum Gasteiger partial charge on any atom is -0.497 e. The van der Waals surface area contributed by atoms with Crippen LogP contribution in [0.5, 0.6) is 5.75 Å². The van der Waals surface area contributed by atoms with Crippen LogP contribution in [0, 0.1) is 12.7 Å². The number of benzene rings is 1. The topological polar surface area (TPSA) is 89.3 Å². The second-order valence-corrected chi connectivity index (χ2v) is 7.71. The molecule has 0 radical (unpaired) electrons. The highest BCUT2D eigenvalue weighted by Gasteiger charge is 2.23. The molecular weight excluding hydrogens is 375 g/mol. The molecule has 0 fully saturated rings. The Morgan fingerprint density at radius 3 is 2.59 bits per heavy atom. The molecule has 0 amide bonds. The summed E-state index contributed by atoms with van der Waals surface area (Å²) in [5.41, 5.74) is 1.99. The van der Waals surface area contributed by atoms with Crippen LogP contribution in [0.2, 0.25) is 0 Å². The fraction of sp³-hybridized carbons (Fsp3) is 0.286. The molecule has 0 unspecified atom stereocenters. The van der Waals surface area contributed by atoms with E-state index in [0.29, 0.717) is 11.6 Å². The molecule has 0 spiro atoms. The number of rotatable bonds is 5. The largest absolute Gasteiger partial charge is 0.497 e. The van der Waals surface area contributed by atoms with Gasteiger partial charge in [-0.05, 0) is 24.6 Å². The minimum absolute atomic E-state index is 0.0288. The van der Waals surface area contributed by atoms with Gasteiger partial charge in [0.15, 0.2) is 0 Å². The molecule has 2 aromatic heterocycles. The molecule has 0 aliphatic rings. The number of nitrogens with zero attached hydrogens (tertiary/aromatic N) is 3. The number of hydrogen-bond acceptors (Lipinski definition) is 5. The molecule has 29 heavy (non-hydrogen) atoms. The molecule has 3 rings (SSSR count). The Morgan fingerprint density at radius 1 is 1.24 bits per heavy atom. The van der Waals surface area contributed by atoms with Crippen LogP contribution in [0.4, 0.5) is 16.0 Å². The number of ether oxygens (including phenoxy) is 1. The van der Waals surface area contributed by atoms with Gasteiger partial charge in [-0.2, -0.15) is 5.10 Å². The maximum Gasteiger partial charge on any atom is 0.339 e. The molecule has 0 bridgehead atoms. The molecule has 0 aliphatic carbocycles.